The highest BCUT2D eigenvalue weighted by atomic mass is 19.1. The third-order valence-electron chi connectivity index (χ3n) is 2.06. The van der Waals surface area contributed by atoms with E-state index in [2.05, 4.69) is 22.3 Å². The Morgan fingerprint density at radius 1 is 1.12 bits per heavy atom. The van der Waals surface area contributed by atoms with E-state index in [1.54, 1.807) is 6.08 Å². The molecule has 0 atom stereocenters. The van der Waals surface area contributed by atoms with Crippen LogP contribution in [-0.4, -0.2) is 9.97 Å². The van der Waals surface area contributed by atoms with E-state index in [1.807, 2.05) is 24.3 Å². The summed E-state index contributed by atoms with van der Waals surface area (Å²) >= 11 is 0. The fraction of sp³-hybridized carbons (Fsp3) is 0. The summed E-state index contributed by atoms with van der Waals surface area (Å²) in [5, 5.41) is 0. The molecule has 0 aliphatic carbocycles. The maximum Gasteiger partial charge on any atom is 0.159 e. The van der Waals surface area contributed by atoms with E-state index >= 15 is 0 Å². The van der Waals surface area contributed by atoms with E-state index < -0.39 is 5.82 Å². The van der Waals surface area contributed by atoms with Gasteiger partial charge in [0.2, 0.25) is 0 Å². The second-order valence-electron chi connectivity index (χ2n) is 3.20. The summed E-state index contributed by atoms with van der Waals surface area (Å²) < 4.78 is 12.6. The van der Waals surface area contributed by atoms with Crippen LogP contribution < -0.4 is 0 Å². The molecule has 0 saturated heterocycles. The van der Waals surface area contributed by atoms with Gasteiger partial charge in [-0.25, -0.2) is 14.4 Å². The van der Waals surface area contributed by atoms with Crippen molar-refractivity contribution in [2.24, 2.45) is 0 Å². The van der Waals surface area contributed by atoms with Gasteiger partial charge in [0.1, 0.15) is 0 Å². The quantitative estimate of drug-likeness (QED) is 0.715. The lowest BCUT2D eigenvalue weighted by Gasteiger charge is -1.99. The van der Waals surface area contributed by atoms with Crippen LogP contribution in [0.15, 0.2) is 49.0 Å². The minimum atomic E-state index is -0.435. The van der Waals surface area contributed by atoms with E-state index in [4.69, 9.17) is 0 Å². The second kappa shape index (κ2) is 4.51. The first-order chi connectivity index (χ1) is 7.79. The fourth-order valence-corrected chi connectivity index (χ4v) is 1.31. The van der Waals surface area contributed by atoms with Crippen LogP contribution >= 0.6 is 0 Å². The van der Waals surface area contributed by atoms with Gasteiger partial charge in [-0.05, 0) is 11.6 Å². The zero-order chi connectivity index (χ0) is 11.4. The predicted molar refractivity (Wildman–Crippen MR) is 61.0 cm³/mol. The van der Waals surface area contributed by atoms with Crippen LogP contribution in [0.1, 0.15) is 5.56 Å². The molecule has 0 aliphatic heterocycles. The molecule has 0 unspecified atom stereocenters. The van der Waals surface area contributed by atoms with Gasteiger partial charge in [-0.1, -0.05) is 30.8 Å². The van der Waals surface area contributed by atoms with Gasteiger partial charge in [0.25, 0.3) is 0 Å². The summed E-state index contributed by atoms with van der Waals surface area (Å²) in [4.78, 5) is 7.80. The first kappa shape index (κ1) is 10.3. The van der Waals surface area contributed by atoms with Crippen LogP contribution in [0.3, 0.4) is 0 Å². The van der Waals surface area contributed by atoms with Crippen LogP contribution in [0.25, 0.3) is 17.5 Å². The number of hydrogen-bond acceptors (Lipinski definition) is 2. The molecule has 0 amide bonds. The Bertz CT molecular complexity index is 523. The van der Waals surface area contributed by atoms with E-state index in [9.17, 15) is 4.39 Å². The van der Waals surface area contributed by atoms with Gasteiger partial charge in [-0.2, -0.15) is 0 Å². The normalized spacial score (nSPS) is 9.56. The van der Waals surface area contributed by atoms with E-state index in [0.29, 0.717) is 5.82 Å². The molecule has 16 heavy (non-hydrogen) atoms. The third kappa shape index (κ3) is 2.22. The first-order valence-electron chi connectivity index (χ1n) is 4.73. The van der Waals surface area contributed by atoms with Crippen LogP contribution in [0.4, 0.5) is 4.39 Å². The van der Waals surface area contributed by atoms with Crippen LogP contribution in [0, 0.1) is 5.82 Å². The minimum absolute atomic E-state index is 0.435. The Labute approximate surface area is 92.8 Å². The van der Waals surface area contributed by atoms with E-state index in [0.717, 1.165) is 23.5 Å². The monoisotopic (exact) mass is 212 g/mol. The third-order valence-corrected chi connectivity index (χ3v) is 2.06. The molecule has 0 spiro atoms. The summed E-state index contributed by atoms with van der Waals surface area (Å²) in [5.74, 6) is 0.0745. The molecule has 0 bridgehead atoms. The van der Waals surface area contributed by atoms with Crippen LogP contribution in [0.5, 0.6) is 0 Å². The van der Waals surface area contributed by atoms with Gasteiger partial charge in [-0.15, -0.1) is 5.73 Å². The SMILES string of the molecule is C=C=Cc1ccc(-c2ncc(F)cn2)cc1. The predicted octanol–water partition coefficient (Wildman–Crippen LogP) is 3.08. The summed E-state index contributed by atoms with van der Waals surface area (Å²) in [7, 11) is 0. The molecule has 1 aromatic carbocycles. The average molecular weight is 212 g/mol. The number of rotatable bonds is 2. The number of aromatic nitrogens is 2. The highest BCUT2D eigenvalue weighted by Crippen LogP contribution is 2.15. The Morgan fingerprint density at radius 2 is 1.75 bits per heavy atom. The van der Waals surface area contributed by atoms with Crippen molar-refractivity contribution in [3.05, 3.63) is 60.3 Å². The van der Waals surface area contributed by atoms with Crippen molar-refractivity contribution in [2.75, 3.05) is 0 Å². The lowest BCUT2D eigenvalue weighted by molar-refractivity contribution is 0.614. The molecule has 2 nitrogen and oxygen atoms in total. The molecule has 78 valence electrons. The van der Waals surface area contributed by atoms with E-state index in [1.165, 1.54) is 0 Å². The zero-order valence-electron chi connectivity index (χ0n) is 8.52. The Balaban J connectivity index is 2.34. The summed E-state index contributed by atoms with van der Waals surface area (Å²) in [6, 6.07) is 7.55. The molecule has 0 N–H and O–H groups in total. The molecule has 0 fully saturated rings. The number of halogens is 1. The first-order valence-corrected chi connectivity index (χ1v) is 4.73. The van der Waals surface area contributed by atoms with Gasteiger partial charge in [0, 0.05) is 5.56 Å². The lowest BCUT2D eigenvalue weighted by atomic mass is 10.1. The summed E-state index contributed by atoms with van der Waals surface area (Å²) in [5.41, 5.74) is 4.54. The zero-order valence-corrected chi connectivity index (χ0v) is 8.52. The van der Waals surface area contributed by atoms with Crippen molar-refractivity contribution >= 4 is 6.08 Å². The molecule has 0 aliphatic rings. The van der Waals surface area contributed by atoms with Crippen molar-refractivity contribution in [3.63, 3.8) is 0 Å². The summed E-state index contributed by atoms with van der Waals surface area (Å²) in [6.07, 6.45) is 4.08. The second-order valence-corrected chi connectivity index (χ2v) is 3.20. The maximum absolute atomic E-state index is 12.6. The van der Waals surface area contributed by atoms with Gasteiger partial charge >= 0.3 is 0 Å². The van der Waals surface area contributed by atoms with Gasteiger partial charge in [0.15, 0.2) is 11.6 Å². The Morgan fingerprint density at radius 3 is 2.31 bits per heavy atom. The molecule has 2 rings (SSSR count). The molecular weight excluding hydrogens is 203 g/mol. The van der Waals surface area contributed by atoms with Crippen molar-refractivity contribution in [2.45, 2.75) is 0 Å². The highest BCUT2D eigenvalue weighted by Gasteiger charge is 2.00. The molecule has 0 radical (unpaired) electrons. The fourth-order valence-electron chi connectivity index (χ4n) is 1.31. The molecular formula is C13H9FN2. The maximum atomic E-state index is 12.6. The molecule has 0 saturated carbocycles. The Kier molecular flexibility index (Phi) is 2.90. The molecule has 1 heterocycles. The summed E-state index contributed by atoms with van der Waals surface area (Å²) in [6.45, 7) is 3.50. The lowest BCUT2D eigenvalue weighted by Crippen LogP contribution is -1.89. The van der Waals surface area contributed by atoms with Gasteiger partial charge < -0.3 is 0 Å². The van der Waals surface area contributed by atoms with Crippen molar-refractivity contribution in [1.82, 2.24) is 9.97 Å². The van der Waals surface area contributed by atoms with E-state index in [-0.39, 0.29) is 0 Å². The Hall–Kier alpha value is -2.25. The van der Waals surface area contributed by atoms with Crippen molar-refractivity contribution in [1.29, 1.82) is 0 Å². The van der Waals surface area contributed by atoms with Crippen molar-refractivity contribution < 1.29 is 4.39 Å². The topological polar surface area (TPSA) is 25.8 Å². The number of benzene rings is 1. The highest BCUT2D eigenvalue weighted by molar-refractivity contribution is 5.59. The molecule has 2 aromatic rings. The smallest absolute Gasteiger partial charge is 0.159 e. The minimum Gasteiger partial charge on any atom is -0.233 e. The van der Waals surface area contributed by atoms with Gasteiger partial charge in [-0.3, -0.25) is 0 Å². The number of nitrogens with zero attached hydrogens (tertiary/aromatic N) is 2. The standard InChI is InChI=1S/C13H9FN2/c1-2-3-10-4-6-11(7-5-10)13-15-8-12(14)9-16-13/h3-9H,1H2. The number of hydrogen-bond donors (Lipinski definition) is 0. The molecule has 1 aromatic heterocycles. The average Bonchev–Trinajstić information content (AvgIpc) is 2.32. The van der Waals surface area contributed by atoms with Crippen LogP contribution in [0.2, 0.25) is 0 Å². The van der Waals surface area contributed by atoms with Crippen molar-refractivity contribution in [3.8, 4) is 11.4 Å². The van der Waals surface area contributed by atoms with Gasteiger partial charge in [0.05, 0.1) is 12.4 Å². The van der Waals surface area contributed by atoms with Crippen LogP contribution in [-0.2, 0) is 0 Å². The largest absolute Gasteiger partial charge is 0.233 e. The molecule has 3 heteroatoms.